The van der Waals surface area contributed by atoms with Crippen LogP contribution in [0.5, 0.6) is 0 Å². The molecule has 2 aromatic carbocycles. The second kappa shape index (κ2) is 4.84. The van der Waals surface area contributed by atoms with Crippen LogP contribution < -0.4 is 4.90 Å². The summed E-state index contributed by atoms with van der Waals surface area (Å²) in [5.74, 6) is 0.695. The van der Waals surface area contributed by atoms with Crippen LogP contribution in [0, 0.1) is 13.8 Å². The maximum Gasteiger partial charge on any atom is 0.232 e. The van der Waals surface area contributed by atoms with Crippen LogP contribution in [-0.4, -0.2) is 0 Å². The Balaban J connectivity index is 2.01. The quantitative estimate of drug-likeness (QED) is 0.425. The van der Waals surface area contributed by atoms with Crippen LogP contribution in [0.1, 0.15) is 11.1 Å². The molecule has 0 unspecified atom stereocenters. The molecule has 22 heavy (non-hydrogen) atoms. The number of para-hydroxylation sites is 1. The van der Waals surface area contributed by atoms with Crippen molar-refractivity contribution in [1.82, 2.24) is 0 Å². The van der Waals surface area contributed by atoms with Gasteiger partial charge >= 0.3 is 0 Å². The first kappa shape index (κ1) is 12.8. The third kappa shape index (κ3) is 1.92. The maximum absolute atomic E-state index is 5.72. The van der Waals surface area contributed by atoms with E-state index in [1.807, 2.05) is 30.3 Å². The third-order valence-electron chi connectivity index (χ3n) is 3.81. The van der Waals surface area contributed by atoms with E-state index in [1.54, 1.807) is 6.26 Å². The summed E-state index contributed by atoms with van der Waals surface area (Å²) in [4.78, 5) is 2.08. The van der Waals surface area contributed by atoms with Gasteiger partial charge in [-0.1, -0.05) is 29.8 Å². The molecule has 0 saturated heterocycles. The van der Waals surface area contributed by atoms with Gasteiger partial charge in [0, 0.05) is 6.07 Å². The molecule has 0 spiro atoms. The number of nitrogens with zero attached hydrogens (tertiary/aromatic N) is 3. The van der Waals surface area contributed by atoms with Crippen LogP contribution >= 0.6 is 0 Å². The molecule has 3 aromatic rings. The number of aryl methyl sites for hydroxylation is 2. The van der Waals surface area contributed by atoms with Crippen LogP contribution in [0.25, 0.3) is 0 Å². The Morgan fingerprint density at radius 1 is 0.864 bits per heavy atom. The Kier molecular flexibility index (Phi) is 2.82. The zero-order valence-electron chi connectivity index (χ0n) is 12.4. The number of rotatable bonds is 1. The third-order valence-corrected chi connectivity index (χ3v) is 3.81. The molecule has 0 radical (unpaired) electrons. The van der Waals surface area contributed by atoms with E-state index in [4.69, 9.17) is 4.42 Å². The molecule has 108 valence electrons. The molecule has 0 aliphatic carbocycles. The van der Waals surface area contributed by atoms with E-state index in [0.717, 1.165) is 22.7 Å². The number of azo groups is 1. The molecule has 0 atom stereocenters. The van der Waals surface area contributed by atoms with E-state index in [1.165, 1.54) is 11.1 Å². The predicted octanol–water partition coefficient (Wildman–Crippen LogP) is 6.10. The predicted molar refractivity (Wildman–Crippen MR) is 87.0 cm³/mol. The highest BCUT2D eigenvalue weighted by atomic mass is 16.3. The highest BCUT2D eigenvalue weighted by Gasteiger charge is 2.25. The van der Waals surface area contributed by atoms with E-state index in [0.29, 0.717) is 5.88 Å². The van der Waals surface area contributed by atoms with Gasteiger partial charge in [0.15, 0.2) is 0 Å². The lowest BCUT2D eigenvalue weighted by Crippen LogP contribution is -2.10. The summed E-state index contributed by atoms with van der Waals surface area (Å²) >= 11 is 0. The Morgan fingerprint density at radius 3 is 2.55 bits per heavy atom. The molecule has 0 bridgehead atoms. The fourth-order valence-corrected chi connectivity index (χ4v) is 2.79. The molecule has 1 aliphatic heterocycles. The molecule has 4 nitrogen and oxygen atoms in total. The van der Waals surface area contributed by atoms with Gasteiger partial charge in [-0.2, -0.15) is 0 Å². The lowest BCUT2D eigenvalue weighted by atomic mass is 10.1. The number of anilines is 3. The number of fused-ring (bicyclic) bond motifs is 2. The second-order valence-electron chi connectivity index (χ2n) is 5.43. The lowest BCUT2D eigenvalue weighted by molar-refractivity contribution is 0.574. The monoisotopic (exact) mass is 289 g/mol. The van der Waals surface area contributed by atoms with Crippen molar-refractivity contribution in [3.63, 3.8) is 0 Å². The van der Waals surface area contributed by atoms with E-state index in [-0.39, 0.29) is 0 Å². The van der Waals surface area contributed by atoms with Crippen molar-refractivity contribution in [1.29, 1.82) is 0 Å². The van der Waals surface area contributed by atoms with Gasteiger partial charge in [-0.15, -0.1) is 10.2 Å². The standard InChI is InChI=1S/C18H15N3O/c1-12-7-8-16(13(2)11-12)21-17-6-4-3-5-14(17)19-20-15-9-10-22-18(15)21/h3-11H,1-2H3. The van der Waals surface area contributed by atoms with Crippen LogP contribution in [-0.2, 0) is 0 Å². The summed E-state index contributed by atoms with van der Waals surface area (Å²) < 4.78 is 5.72. The van der Waals surface area contributed by atoms with Crippen molar-refractivity contribution < 1.29 is 4.42 Å². The van der Waals surface area contributed by atoms with Crippen molar-refractivity contribution in [2.75, 3.05) is 4.90 Å². The molecule has 0 amide bonds. The van der Waals surface area contributed by atoms with Crippen LogP contribution in [0.3, 0.4) is 0 Å². The van der Waals surface area contributed by atoms with Gasteiger partial charge < -0.3 is 4.42 Å². The summed E-state index contributed by atoms with van der Waals surface area (Å²) in [6, 6.07) is 16.2. The van der Waals surface area contributed by atoms with E-state index in [9.17, 15) is 0 Å². The number of furan rings is 1. The normalized spacial score (nSPS) is 12.7. The zero-order valence-corrected chi connectivity index (χ0v) is 12.4. The Labute approximate surface area is 128 Å². The fourth-order valence-electron chi connectivity index (χ4n) is 2.79. The topological polar surface area (TPSA) is 41.1 Å². The van der Waals surface area contributed by atoms with Gasteiger partial charge in [0.25, 0.3) is 0 Å². The highest BCUT2D eigenvalue weighted by molar-refractivity contribution is 5.87. The summed E-state index contributed by atoms with van der Waals surface area (Å²) in [6.07, 6.45) is 1.65. The molecule has 0 N–H and O–H groups in total. The summed E-state index contributed by atoms with van der Waals surface area (Å²) in [5.41, 5.74) is 6.01. The molecule has 1 aromatic heterocycles. The Bertz CT molecular complexity index is 880. The smallest absolute Gasteiger partial charge is 0.232 e. The van der Waals surface area contributed by atoms with Crippen molar-refractivity contribution in [2.45, 2.75) is 13.8 Å². The van der Waals surface area contributed by atoms with Crippen molar-refractivity contribution in [3.05, 3.63) is 65.9 Å². The number of hydrogen-bond acceptors (Lipinski definition) is 4. The van der Waals surface area contributed by atoms with Gasteiger partial charge in [0.05, 0.1) is 17.6 Å². The van der Waals surface area contributed by atoms with Gasteiger partial charge in [-0.3, -0.25) is 4.90 Å². The SMILES string of the molecule is Cc1ccc(N2c3ccccc3N=Nc3ccoc32)c(C)c1. The van der Waals surface area contributed by atoms with Crippen molar-refractivity contribution >= 4 is 28.6 Å². The molecule has 0 saturated carbocycles. The lowest BCUT2D eigenvalue weighted by Gasteiger charge is -2.24. The fraction of sp³-hybridized carbons (Fsp3) is 0.111. The average Bonchev–Trinajstić information content (AvgIpc) is 2.91. The van der Waals surface area contributed by atoms with Crippen LogP contribution in [0.4, 0.5) is 28.6 Å². The minimum atomic E-state index is 0.695. The second-order valence-corrected chi connectivity index (χ2v) is 5.43. The molecule has 4 rings (SSSR count). The van der Waals surface area contributed by atoms with E-state index < -0.39 is 0 Å². The van der Waals surface area contributed by atoms with Crippen LogP contribution in [0.15, 0.2) is 69.4 Å². The van der Waals surface area contributed by atoms with Crippen molar-refractivity contribution in [2.24, 2.45) is 10.2 Å². The number of hydrogen-bond donors (Lipinski definition) is 0. The largest absolute Gasteiger partial charge is 0.446 e. The minimum Gasteiger partial charge on any atom is -0.446 e. The first-order valence-corrected chi connectivity index (χ1v) is 7.20. The van der Waals surface area contributed by atoms with Crippen LogP contribution in [0.2, 0.25) is 0 Å². The first-order chi connectivity index (χ1) is 10.7. The van der Waals surface area contributed by atoms with Gasteiger partial charge in [-0.25, -0.2) is 0 Å². The maximum atomic E-state index is 5.72. The first-order valence-electron chi connectivity index (χ1n) is 7.20. The summed E-state index contributed by atoms with van der Waals surface area (Å²) in [5, 5.41) is 8.65. The average molecular weight is 289 g/mol. The molecule has 0 fully saturated rings. The van der Waals surface area contributed by atoms with Gasteiger partial charge in [0.1, 0.15) is 11.4 Å². The molecule has 1 aliphatic rings. The van der Waals surface area contributed by atoms with E-state index in [2.05, 4.69) is 47.2 Å². The zero-order chi connectivity index (χ0) is 15.1. The summed E-state index contributed by atoms with van der Waals surface area (Å²) in [7, 11) is 0. The molecule has 2 heterocycles. The highest BCUT2D eigenvalue weighted by Crippen LogP contribution is 2.48. The Hall–Kier alpha value is -2.88. The molecular weight excluding hydrogens is 274 g/mol. The van der Waals surface area contributed by atoms with E-state index >= 15 is 0 Å². The summed E-state index contributed by atoms with van der Waals surface area (Å²) in [6.45, 7) is 4.20. The Morgan fingerprint density at radius 2 is 1.68 bits per heavy atom. The molecule has 4 heteroatoms. The minimum absolute atomic E-state index is 0.695. The van der Waals surface area contributed by atoms with Gasteiger partial charge in [-0.05, 0) is 37.6 Å². The van der Waals surface area contributed by atoms with Gasteiger partial charge in [0.2, 0.25) is 5.88 Å². The molecular formula is C18H15N3O. The number of benzene rings is 2. The van der Waals surface area contributed by atoms with Crippen molar-refractivity contribution in [3.8, 4) is 0 Å².